The average Bonchev–Trinajstić information content (AvgIpc) is 2.63. The van der Waals surface area contributed by atoms with Crippen molar-refractivity contribution in [2.45, 2.75) is 0 Å². The van der Waals surface area contributed by atoms with Gasteiger partial charge in [0, 0.05) is 0 Å². The monoisotopic (exact) mass is 443 g/mol. The molecule has 27 heavy (non-hydrogen) atoms. The molecule has 0 saturated carbocycles. The molecule has 0 aliphatic carbocycles. The van der Waals surface area contributed by atoms with Crippen molar-refractivity contribution in [2.75, 3.05) is 0 Å². The maximum atomic E-state index is 12.5. The van der Waals surface area contributed by atoms with Crippen LogP contribution >= 0.6 is 0 Å². The first-order chi connectivity index (χ1) is 12.0. The van der Waals surface area contributed by atoms with Crippen molar-refractivity contribution in [2.24, 2.45) is 0 Å². The van der Waals surface area contributed by atoms with E-state index in [9.17, 15) is 45.3 Å². The molecule has 0 bridgehead atoms. The number of halogens is 8. The molecule has 0 heterocycles. The third kappa shape index (κ3) is 4.22. The zero-order valence-electron chi connectivity index (χ0n) is 12.0. The van der Waals surface area contributed by atoms with E-state index < -0.39 is 69.4 Å². The number of benzene rings is 2. The molecule has 0 aliphatic heterocycles. The molecule has 0 spiro atoms. The smallest absolute Gasteiger partial charge is 0.879 e. The molecule has 4 nitrogen and oxygen atoms in total. The molecular weight excluding hydrogens is 444 g/mol. The third-order valence-electron chi connectivity index (χ3n) is 2.62. The molecule has 2 aromatic rings. The summed E-state index contributed by atoms with van der Waals surface area (Å²) in [7, 11) is 0. The Balaban J connectivity index is 0.000000483. The number of rotatable bonds is 0. The largest absolute Gasteiger partial charge is 2.00 e. The van der Waals surface area contributed by atoms with Gasteiger partial charge in [-0.25, -0.2) is 44.8 Å². The van der Waals surface area contributed by atoms with E-state index >= 15 is 0 Å². The van der Waals surface area contributed by atoms with E-state index in [0.29, 0.717) is 0 Å². The fourth-order valence-electron chi connectivity index (χ4n) is 1.40. The molecule has 13 heteroatoms. The van der Waals surface area contributed by atoms with Crippen LogP contribution in [0, 0.1) is 59.7 Å². The van der Waals surface area contributed by atoms with E-state index in [1.807, 2.05) is 0 Å². The predicted molar refractivity (Wildman–Crippen MR) is 64.0 cm³/mol. The van der Waals surface area contributed by atoms with Crippen LogP contribution in [0.3, 0.4) is 0 Å². The van der Waals surface area contributed by atoms with Crippen LogP contribution in [0.4, 0.5) is 46.5 Å². The van der Waals surface area contributed by atoms with E-state index in [1.165, 1.54) is 0 Å². The molecule has 0 amide bonds. The quantitative estimate of drug-likeness (QED) is 0.205. The van der Waals surface area contributed by atoms with Gasteiger partial charge in [0.1, 0.15) is 11.6 Å². The van der Waals surface area contributed by atoms with Crippen LogP contribution in [0.15, 0.2) is 0 Å². The van der Waals surface area contributed by atoms with Crippen molar-refractivity contribution in [1.82, 2.24) is 0 Å². The number of nitrogens with zero attached hydrogens (tertiary/aromatic N) is 2. The zero-order chi connectivity index (χ0) is 20.3. The summed E-state index contributed by atoms with van der Waals surface area (Å²) >= 11 is 0. The molecule has 0 aliphatic rings. The Morgan fingerprint density at radius 3 is 0.926 bits per heavy atom. The predicted octanol–water partition coefficient (Wildman–Crippen LogP) is 3.73. The summed E-state index contributed by atoms with van der Waals surface area (Å²) in [5, 5.41) is 21.1. The van der Waals surface area contributed by atoms with Crippen molar-refractivity contribution in [3.63, 3.8) is 0 Å². The summed E-state index contributed by atoms with van der Waals surface area (Å²) in [4.78, 5) is 4.50. The van der Waals surface area contributed by atoms with Crippen molar-refractivity contribution < 1.29 is 62.4 Å². The molecule has 2 rings (SSSR count). The van der Waals surface area contributed by atoms with Gasteiger partial charge in [-0.15, -0.1) is 0 Å². The van der Waals surface area contributed by atoms with Gasteiger partial charge >= 0.3 is 17.1 Å². The summed E-state index contributed by atoms with van der Waals surface area (Å²) < 4.78 is 99.0. The third-order valence-corrected chi connectivity index (χ3v) is 2.62. The maximum Gasteiger partial charge on any atom is 2.00 e. The summed E-state index contributed by atoms with van der Waals surface area (Å²) in [6, 6.07) is 0. The second-order valence-corrected chi connectivity index (χ2v) is 4.09. The molecule has 0 fully saturated rings. The van der Waals surface area contributed by atoms with Gasteiger partial charge < -0.3 is 10.2 Å². The first-order valence-electron chi connectivity index (χ1n) is 5.81. The molecule has 0 unspecified atom stereocenters. The maximum absolute atomic E-state index is 12.5. The first-order valence-corrected chi connectivity index (χ1v) is 5.81. The van der Waals surface area contributed by atoms with E-state index in [0.717, 1.165) is 0 Å². The summed E-state index contributed by atoms with van der Waals surface area (Å²) in [6.07, 6.45) is 0. The fraction of sp³-hybridized carbons (Fsp3) is 0. The molecule has 0 saturated heterocycles. The molecule has 145 valence electrons. The van der Waals surface area contributed by atoms with Crippen molar-refractivity contribution in [3.05, 3.63) is 69.4 Å². The minimum Gasteiger partial charge on any atom is -0.879 e. The van der Waals surface area contributed by atoms with E-state index in [1.54, 1.807) is 0 Å². The Morgan fingerprint density at radius 1 is 0.481 bits per heavy atom. The Morgan fingerprint density at radius 2 is 0.704 bits per heavy atom. The Kier molecular flexibility index (Phi) is 8.06. The molecule has 1 radical (unpaired) electrons. The van der Waals surface area contributed by atoms with Crippen LogP contribution in [0.1, 0.15) is 0 Å². The van der Waals surface area contributed by atoms with E-state index in [4.69, 9.17) is 13.1 Å². The average molecular weight is 444 g/mol. The van der Waals surface area contributed by atoms with Gasteiger partial charge in [-0.05, 0) is 0 Å². The van der Waals surface area contributed by atoms with Crippen LogP contribution < -0.4 is 10.2 Å². The molecular formula is C14CuF8N2O2. The second kappa shape index (κ2) is 9.07. The topological polar surface area (TPSA) is 54.8 Å². The molecule has 0 N–H and O–H groups in total. The van der Waals surface area contributed by atoms with Crippen LogP contribution in [-0.4, -0.2) is 0 Å². The van der Waals surface area contributed by atoms with Gasteiger partial charge in [-0.1, -0.05) is 11.5 Å². The summed E-state index contributed by atoms with van der Waals surface area (Å²) in [6.45, 7) is 12.4. The van der Waals surface area contributed by atoms with Gasteiger partial charge in [0.05, 0.1) is 13.1 Å². The normalized spacial score (nSPS) is 9.41. The van der Waals surface area contributed by atoms with Gasteiger partial charge in [-0.3, -0.25) is 0 Å². The van der Waals surface area contributed by atoms with Crippen LogP contribution in [0.5, 0.6) is 11.5 Å². The minimum absolute atomic E-state index is 0. The molecule has 0 aromatic heterocycles. The Bertz CT molecular complexity index is 848. The van der Waals surface area contributed by atoms with Crippen LogP contribution in [-0.2, 0) is 17.1 Å². The zero-order valence-corrected chi connectivity index (χ0v) is 13.0. The SMILES string of the molecule is [C-]#[N+]c1c([O-])c(F)c(F)c(F)c1F.[C-]#[N+]c1c([O-])c(F)c(F)c(F)c1F.[Cu+2]. The number of hydrogen-bond acceptors (Lipinski definition) is 2. The second-order valence-electron chi connectivity index (χ2n) is 4.09. The molecule has 2 aromatic carbocycles. The van der Waals surface area contributed by atoms with Gasteiger partial charge in [0.2, 0.25) is 11.4 Å². The van der Waals surface area contributed by atoms with Crippen LogP contribution in [0.2, 0.25) is 0 Å². The van der Waals surface area contributed by atoms with Gasteiger partial charge in [0.25, 0.3) is 0 Å². The summed E-state index contributed by atoms with van der Waals surface area (Å²) in [5.41, 5.74) is -2.76. The van der Waals surface area contributed by atoms with E-state index in [-0.39, 0.29) is 17.1 Å². The Hall–Kier alpha value is -3.02. The first kappa shape index (κ1) is 24.0. The van der Waals surface area contributed by atoms with Crippen molar-refractivity contribution in [1.29, 1.82) is 0 Å². The standard InChI is InChI=1S/2C7HF4NO.Cu/c2*1-12-6-4(10)2(8)3(9)5(11)7(6)13;/h2*13H;/q;;+2/p-2. The number of hydrogen-bond donors (Lipinski definition) is 0. The van der Waals surface area contributed by atoms with Crippen LogP contribution in [0.25, 0.3) is 9.69 Å². The van der Waals surface area contributed by atoms with E-state index in [2.05, 4.69) is 9.69 Å². The van der Waals surface area contributed by atoms with Crippen molar-refractivity contribution in [3.8, 4) is 11.5 Å². The van der Waals surface area contributed by atoms with Crippen molar-refractivity contribution >= 4 is 11.4 Å². The Labute approximate surface area is 155 Å². The summed E-state index contributed by atoms with van der Waals surface area (Å²) in [5.74, 6) is -20.3. The fourth-order valence-corrected chi connectivity index (χ4v) is 1.40. The minimum atomic E-state index is -2.20. The van der Waals surface area contributed by atoms with Gasteiger partial charge in [-0.2, -0.15) is 0 Å². The van der Waals surface area contributed by atoms with Gasteiger partial charge in [0.15, 0.2) is 34.9 Å². The molecule has 0 atom stereocenters.